The predicted octanol–water partition coefficient (Wildman–Crippen LogP) is 0.521. The fourth-order valence-corrected chi connectivity index (χ4v) is 4.56. The standard InChI is InChI=1S/C33H54O17/c1-19(2)28(32(40)42-6)29(33(41)43-7)50-27(37)13-25(30(38)47-14-21(5)34)24(12-26(36)49-20(3)4)31(39)48-16-22(35)15-44-10-8-9-11-45-17-23-18-46-23/h19-25,28-29,34-35H,8-18H2,1-7H3. The SMILES string of the molecule is COC(=O)C(OC(=O)CC(C(=O)OCC(C)O)C(CC(=O)OC(C)C)C(=O)OCC(O)COCCCCOCC1CO1)C(C(=O)OC)C(C)C. The molecule has 0 amide bonds. The Hall–Kier alpha value is -3.38. The van der Waals surface area contributed by atoms with E-state index in [0.29, 0.717) is 32.8 Å². The number of carbonyl (C=O) groups is 6. The van der Waals surface area contributed by atoms with Crippen molar-refractivity contribution in [2.75, 3.05) is 60.5 Å². The maximum atomic E-state index is 13.4. The van der Waals surface area contributed by atoms with Crippen LogP contribution in [0.5, 0.6) is 0 Å². The smallest absolute Gasteiger partial charge is 0.348 e. The van der Waals surface area contributed by atoms with E-state index in [-0.39, 0.29) is 12.7 Å². The fourth-order valence-electron chi connectivity index (χ4n) is 4.56. The molecule has 50 heavy (non-hydrogen) atoms. The van der Waals surface area contributed by atoms with E-state index in [0.717, 1.165) is 20.6 Å². The summed E-state index contributed by atoms with van der Waals surface area (Å²) in [4.78, 5) is 77.9. The van der Waals surface area contributed by atoms with Crippen molar-refractivity contribution >= 4 is 35.8 Å². The minimum atomic E-state index is -1.79. The lowest BCUT2D eigenvalue weighted by molar-refractivity contribution is -0.180. The van der Waals surface area contributed by atoms with Crippen molar-refractivity contribution in [2.24, 2.45) is 23.7 Å². The molecule has 1 aliphatic rings. The summed E-state index contributed by atoms with van der Waals surface area (Å²) < 4.78 is 46.3. The lowest BCUT2D eigenvalue weighted by atomic mass is 9.86. The minimum absolute atomic E-state index is 0.179. The maximum absolute atomic E-state index is 13.4. The van der Waals surface area contributed by atoms with E-state index in [4.69, 9.17) is 42.6 Å². The number of unbranched alkanes of at least 4 members (excludes halogenated alkanes) is 1. The molecule has 0 aliphatic carbocycles. The topological polar surface area (TPSA) is 229 Å². The van der Waals surface area contributed by atoms with E-state index < -0.39 is 110 Å². The van der Waals surface area contributed by atoms with E-state index in [1.807, 2.05) is 0 Å². The number of aliphatic hydroxyl groups excluding tert-OH is 2. The van der Waals surface area contributed by atoms with Crippen LogP contribution in [0.15, 0.2) is 0 Å². The molecule has 17 heteroatoms. The lowest BCUT2D eigenvalue weighted by Gasteiger charge is -2.28. The van der Waals surface area contributed by atoms with Crippen molar-refractivity contribution in [1.82, 2.24) is 0 Å². The quantitative estimate of drug-likeness (QED) is 0.0536. The Morgan fingerprint density at radius 1 is 0.700 bits per heavy atom. The summed E-state index contributed by atoms with van der Waals surface area (Å²) in [6.07, 6.45) is -4.92. The van der Waals surface area contributed by atoms with Gasteiger partial charge in [-0.1, -0.05) is 13.8 Å². The van der Waals surface area contributed by atoms with Crippen LogP contribution in [0.1, 0.15) is 60.3 Å². The first-order chi connectivity index (χ1) is 23.6. The average Bonchev–Trinajstić information content (AvgIpc) is 3.88. The van der Waals surface area contributed by atoms with Crippen molar-refractivity contribution < 1.29 is 81.6 Å². The van der Waals surface area contributed by atoms with Crippen LogP contribution in [0.3, 0.4) is 0 Å². The van der Waals surface area contributed by atoms with Gasteiger partial charge in [-0.3, -0.25) is 24.0 Å². The van der Waals surface area contributed by atoms with Gasteiger partial charge in [-0.25, -0.2) is 4.79 Å². The number of aliphatic hydroxyl groups is 2. The third-order valence-corrected chi connectivity index (χ3v) is 7.17. The molecule has 1 fully saturated rings. The second-order valence-corrected chi connectivity index (χ2v) is 12.5. The number of carbonyl (C=O) groups excluding carboxylic acids is 6. The van der Waals surface area contributed by atoms with Crippen LogP contribution in [0.2, 0.25) is 0 Å². The van der Waals surface area contributed by atoms with Crippen molar-refractivity contribution in [3.8, 4) is 0 Å². The fraction of sp³-hybridized carbons (Fsp3) is 0.818. The minimum Gasteiger partial charge on any atom is -0.469 e. The van der Waals surface area contributed by atoms with Gasteiger partial charge in [0.15, 0.2) is 0 Å². The van der Waals surface area contributed by atoms with Crippen molar-refractivity contribution in [3.05, 3.63) is 0 Å². The molecule has 0 aromatic rings. The molecule has 1 heterocycles. The Morgan fingerprint density at radius 2 is 1.22 bits per heavy atom. The van der Waals surface area contributed by atoms with Crippen LogP contribution in [0, 0.1) is 23.7 Å². The van der Waals surface area contributed by atoms with Crippen LogP contribution in [0.25, 0.3) is 0 Å². The molecule has 7 unspecified atom stereocenters. The third kappa shape index (κ3) is 18.0. The zero-order valence-electron chi connectivity index (χ0n) is 30.0. The van der Waals surface area contributed by atoms with E-state index in [9.17, 15) is 39.0 Å². The molecule has 0 bridgehead atoms. The number of ether oxygens (including phenoxy) is 9. The first kappa shape index (κ1) is 44.6. The molecule has 1 saturated heterocycles. The van der Waals surface area contributed by atoms with Gasteiger partial charge in [0.05, 0.1) is 70.9 Å². The molecule has 17 nitrogen and oxygen atoms in total. The van der Waals surface area contributed by atoms with Gasteiger partial charge in [0.25, 0.3) is 0 Å². The Balaban J connectivity index is 3.11. The number of esters is 6. The molecule has 1 aliphatic heterocycles. The van der Waals surface area contributed by atoms with Crippen molar-refractivity contribution in [3.63, 3.8) is 0 Å². The Labute approximate surface area is 292 Å². The number of methoxy groups -OCH3 is 2. The second kappa shape index (κ2) is 23.9. The van der Waals surface area contributed by atoms with Crippen LogP contribution < -0.4 is 0 Å². The Morgan fingerprint density at radius 3 is 1.70 bits per heavy atom. The highest BCUT2D eigenvalue weighted by Crippen LogP contribution is 2.27. The molecule has 0 spiro atoms. The van der Waals surface area contributed by atoms with E-state index >= 15 is 0 Å². The van der Waals surface area contributed by atoms with Crippen molar-refractivity contribution in [2.45, 2.75) is 90.8 Å². The maximum Gasteiger partial charge on any atom is 0.348 e. The third-order valence-electron chi connectivity index (χ3n) is 7.17. The summed E-state index contributed by atoms with van der Waals surface area (Å²) >= 11 is 0. The molecule has 288 valence electrons. The summed E-state index contributed by atoms with van der Waals surface area (Å²) in [5.74, 6) is -11.8. The number of epoxide rings is 1. The summed E-state index contributed by atoms with van der Waals surface area (Å²) in [5.41, 5.74) is 0. The van der Waals surface area contributed by atoms with Gasteiger partial charge in [-0.15, -0.1) is 0 Å². The molecular formula is C33H54O17. The molecule has 0 saturated carbocycles. The molecule has 0 radical (unpaired) electrons. The zero-order chi connectivity index (χ0) is 37.8. The normalized spacial score (nSPS) is 17.5. The highest BCUT2D eigenvalue weighted by Gasteiger charge is 2.44. The lowest BCUT2D eigenvalue weighted by Crippen LogP contribution is -2.44. The van der Waals surface area contributed by atoms with Gasteiger partial charge < -0.3 is 52.8 Å². The predicted molar refractivity (Wildman–Crippen MR) is 170 cm³/mol. The van der Waals surface area contributed by atoms with Gasteiger partial charge >= 0.3 is 35.8 Å². The molecule has 0 aromatic heterocycles. The van der Waals surface area contributed by atoms with Crippen LogP contribution in [0.4, 0.5) is 0 Å². The first-order valence-electron chi connectivity index (χ1n) is 16.6. The van der Waals surface area contributed by atoms with Gasteiger partial charge in [0.2, 0.25) is 6.10 Å². The summed E-state index contributed by atoms with van der Waals surface area (Å²) in [7, 11) is 2.10. The number of hydrogen-bond donors (Lipinski definition) is 2. The van der Waals surface area contributed by atoms with Crippen LogP contribution >= 0.6 is 0 Å². The molecule has 2 N–H and O–H groups in total. The van der Waals surface area contributed by atoms with Gasteiger partial charge in [0, 0.05) is 13.2 Å². The Bertz CT molecular complexity index is 1070. The average molecular weight is 723 g/mol. The number of rotatable bonds is 26. The molecular weight excluding hydrogens is 668 g/mol. The van der Waals surface area contributed by atoms with E-state index in [1.54, 1.807) is 27.7 Å². The van der Waals surface area contributed by atoms with E-state index in [2.05, 4.69) is 0 Å². The van der Waals surface area contributed by atoms with Gasteiger partial charge in [-0.05, 0) is 39.5 Å². The largest absolute Gasteiger partial charge is 0.469 e. The van der Waals surface area contributed by atoms with Crippen LogP contribution in [-0.2, 0) is 71.4 Å². The summed E-state index contributed by atoms with van der Waals surface area (Å²) in [5, 5.41) is 20.0. The zero-order valence-corrected chi connectivity index (χ0v) is 30.0. The summed E-state index contributed by atoms with van der Waals surface area (Å²) in [6, 6.07) is 0. The molecule has 0 aromatic carbocycles. The monoisotopic (exact) mass is 722 g/mol. The van der Waals surface area contributed by atoms with E-state index in [1.165, 1.54) is 6.92 Å². The van der Waals surface area contributed by atoms with Gasteiger partial charge in [0.1, 0.15) is 31.3 Å². The van der Waals surface area contributed by atoms with Crippen LogP contribution in [-0.4, -0.2) is 137 Å². The highest BCUT2D eigenvalue weighted by molar-refractivity contribution is 5.90. The van der Waals surface area contributed by atoms with Gasteiger partial charge in [-0.2, -0.15) is 0 Å². The number of hydrogen-bond acceptors (Lipinski definition) is 17. The first-order valence-corrected chi connectivity index (χ1v) is 16.6. The Kier molecular flexibility index (Phi) is 21.4. The highest BCUT2D eigenvalue weighted by atomic mass is 16.6. The summed E-state index contributed by atoms with van der Waals surface area (Å²) in [6.45, 7) is 8.39. The second-order valence-electron chi connectivity index (χ2n) is 12.5. The molecule has 1 rings (SSSR count). The van der Waals surface area contributed by atoms with Crippen molar-refractivity contribution in [1.29, 1.82) is 0 Å². The molecule has 7 atom stereocenters.